The fourth-order valence-electron chi connectivity index (χ4n) is 3.32. The molecule has 3 heteroatoms. The zero-order chi connectivity index (χ0) is 13.0. The second-order valence-corrected chi connectivity index (χ2v) is 7.57. The van der Waals surface area contributed by atoms with Gasteiger partial charge in [0, 0.05) is 12.4 Å². The summed E-state index contributed by atoms with van der Waals surface area (Å²) in [6.45, 7) is 5.33. The molecule has 18 heavy (non-hydrogen) atoms. The second-order valence-electron chi connectivity index (χ2n) is 6.49. The minimum absolute atomic E-state index is 0.130. The van der Waals surface area contributed by atoms with Crippen molar-refractivity contribution in [1.29, 1.82) is 0 Å². The van der Waals surface area contributed by atoms with Crippen molar-refractivity contribution >= 4 is 11.8 Å². The highest BCUT2D eigenvalue weighted by molar-refractivity contribution is 7.99. The highest BCUT2D eigenvalue weighted by Crippen LogP contribution is 2.43. The van der Waals surface area contributed by atoms with Crippen molar-refractivity contribution in [2.24, 2.45) is 11.8 Å². The Balaban J connectivity index is 1.77. The number of aliphatic hydroxyl groups is 1. The van der Waals surface area contributed by atoms with Crippen molar-refractivity contribution in [3.63, 3.8) is 0 Å². The van der Waals surface area contributed by atoms with Gasteiger partial charge in [-0.25, -0.2) is 0 Å². The summed E-state index contributed by atoms with van der Waals surface area (Å²) in [5, 5.41) is 10.4. The van der Waals surface area contributed by atoms with Gasteiger partial charge in [0.25, 0.3) is 0 Å². The topological polar surface area (TPSA) is 29.5 Å². The lowest BCUT2D eigenvalue weighted by Crippen LogP contribution is -2.41. The maximum Gasteiger partial charge on any atom is 0.0686 e. The van der Waals surface area contributed by atoms with Crippen LogP contribution in [0.3, 0.4) is 0 Å². The summed E-state index contributed by atoms with van der Waals surface area (Å²) in [4.78, 5) is 0. The quantitative estimate of drug-likeness (QED) is 0.831. The predicted octanol–water partition coefficient (Wildman–Crippen LogP) is 3.48. The van der Waals surface area contributed by atoms with Crippen LogP contribution in [0.25, 0.3) is 0 Å². The molecule has 1 aliphatic carbocycles. The molecular weight excluding hydrogens is 244 g/mol. The minimum atomic E-state index is -0.130. The Bertz CT molecular complexity index is 249. The SMILES string of the molecule is CC(C)CSCC(O)C1CCOC2(CCCC2)C1. The average Bonchev–Trinajstić information content (AvgIpc) is 2.76. The lowest BCUT2D eigenvalue weighted by atomic mass is 9.82. The maximum atomic E-state index is 10.4. The van der Waals surface area contributed by atoms with Crippen molar-refractivity contribution in [1.82, 2.24) is 0 Å². The molecule has 1 aliphatic heterocycles. The van der Waals surface area contributed by atoms with Crippen LogP contribution >= 0.6 is 11.8 Å². The van der Waals surface area contributed by atoms with Gasteiger partial charge in [-0.15, -0.1) is 0 Å². The van der Waals surface area contributed by atoms with Crippen molar-refractivity contribution in [2.75, 3.05) is 18.1 Å². The summed E-state index contributed by atoms with van der Waals surface area (Å²) in [6.07, 6.45) is 7.07. The summed E-state index contributed by atoms with van der Waals surface area (Å²) < 4.78 is 6.03. The molecule has 0 aromatic heterocycles. The molecule has 2 atom stereocenters. The van der Waals surface area contributed by atoms with Gasteiger partial charge in [-0.05, 0) is 43.3 Å². The van der Waals surface area contributed by atoms with Crippen molar-refractivity contribution < 1.29 is 9.84 Å². The van der Waals surface area contributed by atoms with Gasteiger partial charge < -0.3 is 9.84 Å². The normalized spacial score (nSPS) is 29.0. The van der Waals surface area contributed by atoms with Crippen LogP contribution in [0.15, 0.2) is 0 Å². The number of hydrogen-bond donors (Lipinski definition) is 1. The summed E-state index contributed by atoms with van der Waals surface area (Å²) in [5.41, 5.74) is 0.145. The lowest BCUT2D eigenvalue weighted by molar-refractivity contribution is -0.109. The van der Waals surface area contributed by atoms with Crippen LogP contribution in [0, 0.1) is 11.8 Å². The number of hydrogen-bond acceptors (Lipinski definition) is 3. The summed E-state index contributed by atoms with van der Waals surface area (Å²) in [7, 11) is 0. The Morgan fingerprint density at radius 1 is 1.28 bits per heavy atom. The number of thioether (sulfide) groups is 1. The Kier molecular flexibility index (Phi) is 5.40. The minimum Gasteiger partial charge on any atom is -0.392 e. The molecule has 106 valence electrons. The van der Waals surface area contributed by atoms with Gasteiger partial charge in [0.2, 0.25) is 0 Å². The Labute approximate surface area is 116 Å². The standard InChI is InChI=1S/C15H28O2S/c1-12(2)10-18-11-14(16)13-5-8-17-15(9-13)6-3-4-7-15/h12-14,16H,3-11H2,1-2H3. The van der Waals surface area contributed by atoms with Crippen LogP contribution in [-0.2, 0) is 4.74 Å². The van der Waals surface area contributed by atoms with Gasteiger partial charge in [0.1, 0.15) is 0 Å². The lowest BCUT2D eigenvalue weighted by Gasteiger charge is -2.40. The van der Waals surface area contributed by atoms with E-state index in [-0.39, 0.29) is 11.7 Å². The molecule has 1 spiro atoms. The van der Waals surface area contributed by atoms with Crippen LogP contribution < -0.4 is 0 Å². The maximum absolute atomic E-state index is 10.4. The van der Waals surface area contributed by atoms with E-state index in [0.29, 0.717) is 5.92 Å². The predicted molar refractivity (Wildman–Crippen MR) is 78.0 cm³/mol. The first-order valence-corrected chi connectivity index (χ1v) is 8.66. The summed E-state index contributed by atoms with van der Waals surface area (Å²) in [5.74, 6) is 3.25. The Morgan fingerprint density at radius 2 is 2.00 bits per heavy atom. The third-order valence-electron chi connectivity index (χ3n) is 4.33. The monoisotopic (exact) mass is 272 g/mol. The molecular formula is C15H28O2S. The van der Waals surface area contributed by atoms with E-state index < -0.39 is 0 Å². The second kappa shape index (κ2) is 6.62. The molecule has 0 bridgehead atoms. The first kappa shape index (κ1) is 14.7. The number of rotatable bonds is 5. The van der Waals surface area contributed by atoms with Gasteiger partial charge in [0.15, 0.2) is 0 Å². The fraction of sp³-hybridized carbons (Fsp3) is 1.00. The first-order valence-electron chi connectivity index (χ1n) is 7.51. The van der Waals surface area contributed by atoms with E-state index in [4.69, 9.17) is 4.74 Å². The van der Waals surface area contributed by atoms with Gasteiger partial charge in [-0.1, -0.05) is 26.7 Å². The molecule has 0 aromatic rings. The fourth-order valence-corrected chi connectivity index (χ4v) is 4.44. The zero-order valence-corrected chi connectivity index (χ0v) is 12.7. The molecule has 2 unspecified atom stereocenters. The molecule has 1 N–H and O–H groups in total. The van der Waals surface area contributed by atoms with Gasteiger partial charge >= 0.3 is 0 Å². The molecule has 0 aromatic carbocycles. The van der Waals surface area contributed by atoms with Crippen LogP contribution in [-0.4, -0.2) is 34.9 Å². The summed E-state index contributed by atoms with van der Waals surface area (Å²) >= 11 is 1.90. The average molecular weight is 272 g/mol. The van der Waals surface area contributed by atoms with Crippen LogP contribution in [0.4, 0.5) is 0 Å². The highest BCUT2D eigenvalue weighted by atomic mass is 32.2. The largest absolute Gasteiger partial charge is 0.392 e. The molecule has 1 saturated carbocycles. The highest BCUT2D eigenvalue weighted by Gasteiger charge is 2.41. The van der Waals surface area contributed by atoms with Gasteiger partial charge in [0.05, 0.1) is 11.7 Å². The summed E-state index contributed by atoms with van der Waals surface area (Å²) in [6, 6.07) is 0. The van der Waals surface area contributed by atoms with E-state index in [1.54, 1.807) is 0 Å². The van der Waals surface area contributed by atoms with Crippen molar-refractivity contribution in [3.05, 3.63) is 0 Å². The molecule has 2 rings (SSSR count). The molecule has 0 radical (unpaired) electrons. The van der Waals surface area contributed by atoms with Crippen molar-refractivity contribution in [2.45, 2.75) is 64.1 Å². The molecule has 2 nitrogen and oxygen atoms in total. The van der Waals surface area contributed by atoms with Crippen LogP contribution in [0.5, 0.6) is 0 Å². The third-order valence-corrected chi connectivity index (χ3v) is 5.81. The molecule has 1 saturated heterocycles. The Hall–Kier alpha value is 0.270. The van der Waals surface area contributed by atoms with Crippen molar-refractivity contribution in [3.8, 4) is 0 Å². The number of aliphatic hydroxyl groups excluding tert-OH is 1. The van der Waals surface area contributed by atoms with Gasteiger partial charge in [-0.3, -0.25) is 0 Å². The van der Waals surface area contributed by atoms with E-state index >= 15 is 0 Å². The van der Waals surface area contributed by atoms with Crippen LogP contribution in [0.1, 0.15) is 52.4 Å². The van der Waals surface area contributed by atoms with E-state index in [0.717, 1.165) is 36.9 Å². The van der Waals surface area contributed by atoms with E-state index in [9.17, 15) is 5.11 Å². The van der Waals surface area contributed by atoms with E-state index in [2.05, 4.69) is 13.8 Å². The smallest absolute Gasteiger partial charge is 0.0686 e. The first-order chi connectivity index (χ1) is 8.61. The van der Waals surface area contributed by atoms with E-state index in [1.807, 2.05) is 11.8 Å². The third kappa shape index (κ3) is 3.88. The zero-order valence-electron chi connectivity index (χ0n) is 11.9. The molecule has 2 aliphatic rings. The van der Waals surface area contributed by atoms with Gasteiger partial charge in [-0.2, -0.15) is 11.8 Å². The van der Waals surface area contributed by atoms with E-state index in [1.165, 1.54) is 25.7 Å². The molecule has 0 amide bonds. The molecule has 1 heterocycles. The van der Waals surface area contributed by atoms with Crippen LogP contribution in [0.2, 0.25) is 0 Å². The molecule has 2 fully saturated rings. The Morgan fingerprint density at radius 3 is 2.67 bits per heavy atom. The number of ether oxygens (including phenoxy) is 1.